The molecule has 0 heterocycles. The van der Waals surface area contributed by atoms with Gasteiger partial charge in [0.1, 0.15) is 0 Å². The standard InChI is InChI=1S/C12H15NO7S/c1-20-12(17)8-2-4-9(5-3-8)21(18,19)13-7-6-10(14)11(15)16/h2-5,10,13-14H,6-7H2,1H3,(H,15,16)/t10-/m0/s1. The Bertz CT molecular complexity index is 609. The molecule has 1 atom stereocenters. The molecule has 0 aliphatic rings. The number of carboxylic acids is 1. The van der Waals surface area contributed by atoms with E-state index in [0.29, 0.717) is 0 Å². The van der Waals surface area contributed by atoms with Crippen molar-refractivity contribution in [3.05, 3.63) is 29.8 Å². The van der Waals surface area contributed by atoms with Gasteiger partial charge in [-0.1, -0.05) is 0 Å². The van der Waals surface area contributed by atoms with Gasteiger partial charge in [-0.3, -0.25) is 0 Å². The van der Waals surface area contributed by atoms with Crippen LogP contribution >= 0.6 is 0 Å². The molecule has 0 amide bonds. The Morgan fingerprint density at radius 1 is 1.29 bits per heavy atom. The molecule has 21 heavy (non-hydrogen) atoms. The molecule has 1 rings (SSSR count). The topological polar surface area (TPSA) is 130 Å². The van der Waals surface area contributed by atoms with Gasteiger partial charge in [-0.2, -0.15) is 0 Å². The third-order valence-electron chi connectivity index (χ3n) is 2.58. The molecule has 0 saturated carbocycles. The van der Waals surface area contributed by atoms with E-state index in [1.807, 2.05) is 0 Å². The predicted molar refractivity (Wildman–Crippen MR) is 71.2 cm³/mol. The van der Waals surface area contributed by atoms with Gasteiger partial charge in [0.25, 0.3) is 0 Å². The highest BCUT2D eigenvalue weighted by atomic mass is 32.2. The molecular formula is C12H15NO7S. The van der Waals surface area contributed by atoms with Gasteiger partial charge in [0.2, 0.25) is 10.0 Å². The molecule has 0 spiro atoms. The van der Waals surface area contributed by atoms with Crippen LogP contribution in [0.25, 0.3) is 0 Å². The van der Waals surface area contributed by atoms with Crippen LogP contribution in [0.3, 0.4) is 0 Å². The number of carbonyl (C=O) groups is 2. The first-order chi connectivity index (χ1) is 9.77. The summed E-state index contributed by atoms with van der Waals surface area (Å²) in [6, 6.07) is 5.05. The van der Waals surface area contributed by atoms with Crippen LogP contribution in [0.1, 0.15) is 16.8 Å². The summed E-state index contributed by atoms with van der Waals surface area (Å²) in [5.41, 5.74) is 0.206. The molecule has 0 bridgehead atoms. The maximum Gasteiger partial charge on any atom is 0.337 e. The highest BCUT2D eigenvalue weighted by molar-refractivity contribution is 7.89. The molecule has 0 aromatic heterocycles. The van der Waals surface area contributed by atoms with Crippen LogP contribution in [0.15, 0.2) is 29.2 Å². The third kappa shape index (κ3) is 4.81. The lowest BCUT2D eigenvalue weighted by molar-refractivity contribution is -0.146. The van der Waals surface area contributed by atoms with Crippen LogP contribution in [0.2, 0.25) is 0 Å². The molecule has 0 unspecified atom stereocenters. The average molecular weight is 317 g/mol. The number of hydrogen-bond donors (Lipinski definition) is 3. The van der Waals surface area contributed by atoms with Gasteiger partial charge in [0.05, 0.1) is 17.6 Å². The van der Waals surface area contributed by atoms with Gasteiger partial charge in [0, 0.05) is 6.54 Å². The molecule has 3 N–H and O–H groups in total. The fourth-order valence-corrected chi connectivity index (χ4v) is 2.47. The molecule has 116 valence electrons. The van der Waals surface area contributed by atoms with Crippen molar-refractivity contribution in [2.24, 2.45) is 0 Å². The van der Waals surface area contributed by atoms with Crippen LogP contribution in [0.5, 0.6) is 0 Å². The number of aliphatic hydroxyl groups excluding tert-OH is 1. The normalized spacial score (nSPS) is 12.7. The maximum absolute atomic E-state index is 11.9. The van der Waals surface area contributed by atoms with E-state index in [0.717, 1.165) is 0 Å². The summed E-state index contributed by atoms with van der Waals surface area (Å²) >= 11 is 0. The minimum absolute atomic E-state index is 0.0834. The summed E-state index contributed by atoms with van der Waals surface area (Å²) in [7, 11) is -2.63. The fraction of sp³-hybridized carbons (Fsp3) is 0.333. The van der Waals surface area contributed by atoms with Crippen molar-refractivity contribution in [2.75, 3.05) is 13.7 Å². The van der Waals surface area contributed by atoms with E-state index in [4.69, 9.17) is 10.2 Å². The minimum Gasteiger partial charge on any atom is -0.479 e. The fourth-order valence-electron chi connectivity index (χ4n) is 1.42. The van der Waals surface area contributed by atoms with E-state index in [1.165, 1.54) is 31.4 Å². The van der Waals surface area contributed by atoms with Crippen LogP contribution in [0.4, 0.5) is 0 Å². The quantitative estimate of drug-likeness (QED) is 0.583. The molecule has 9 heteroatoms. The smallest absolute Gasteiger partial charge is 0.337 e. The van der Waals surface area contributed by atoms with Crippen molar-refractivity contribution >= 4 is 22.0 Å². The first-order valence-electron chi connectivity index (χ1n) is 5.87. The molecule has 8 nitrogen and oxygen atoms in total. The molecular weight excluding hydrogens is 302 g/mol. The van der Waals surface area contributed by atoms with Gasteiger partial charge in [0.15, 0.2) is 6.10 Å². The Balaban J connectivity index is 2.70. The number of aliphatic carboxylic acids is 1. The molecule has 0 aliphatic heterocycles. The van der Waals surface area contributed by atoms with Gasteiger partial charge in [-0.05, 0) is 30.7 Å². The number of carbonyl (C=O) groups excluding carboxylic acids is 1. The van der Waals surface area contributed by atoms with Crippen LogP contribution in [-0.2, 0) is 19.6 Å². The van der Waals surface area contributed by atoms with Crippen LogP contribution < -0.4 is 4.72 Å². The molecule has 0 saturated heterocycles. The van der Waals surface area contributed by atoms with Crippen LogP contribution in [0, 0.1) is 0 Å². The number of hydrogen-bond acceptors (Lipinski definition) is 6. The Kier molecular flexibility index (Phi) is 5.82. The second-order valence-electron chi connectivity index (χ2n) is 4.06. The lowest BCUT2D eigenvalue weighted by Gasteiger charge is -2.08. The first-order valence-corrected chi connectivity index (χ1v) is 7.35. The van der Waals surface area contributed by atoms with Crippen molar-refractivity contribution in [2.45, 2.75) is 17.4 Å². The highest BCUT2D eigenvalue weighted by Crippen LogP contribution is 2.11. The van der Waals surface area contributed by atoms with Gasteiger partial charge in [-0.15, -0.1) is 0 Å². The van der Waals surface area contributed by atoms with E-state index in [-0.39, 0.29) is 23.4 Å². The van der Waals surface area contributed by atoms with E-state index in [9.17, 15) is 18.0 Å². The summed E-state index contributed by atoms with van der Waals surface area (Å²) in [6.07, 6.45) is -1.89. The Hall–Kier alpha value is -1.97. The largest absolute Gasteiger partial charge is 0.479 e. The van der Waals surface area contributed by atoms with Crippen molar-refractivity contribution < 1.29 is 33.0 Å². The number of aliphatic hydroxyl groups is 1. The number of benzene rings is 1. The number of rotatable bonds is 7. The maximum atomic E-state index is 11.9. The van der Waals surface area contributed by atoms with E-state index < -0.39 is 28.1 Å². The predicted octanol–water partition coefficient (Wildman–Crippen LogP) is -0.413. The summed E-state index contributed by atoms with van der Waals surface area (Å²) in [4.78, 5) is 21.5. The SMILES string of the molecule is COC(=O)c1ccc(S(=O)(=O)NCC[C@H](O)C(=O)O)cc1. The Morgan fingerprint density at radius 2 is 1.86 bits per heavy atom. The molecule has 0 fully saturated rings. The number of sulfonamides is 1. The average Bonchev–Trinajstić information content (AvgIpc) is 2.46. The van der Waals surface area contributed by atoms with Crippen molar-refractivity contribution in [1.82, 2.24) is 4.72 Å². The summed E-state index contributed by atoms with van der Waals surface area (Å²) in [5.74, 6) is -2.01. The van der Waals surface area contributed by atoms with E-state index >= 15 is 0 Å². The second kappa shape index (κ2) is 7.16. The van der Waals surface area contributed by atoms with Crippen molar-refractivity contribution in [3.8, 4) is 0 Å². The number of nitrogens with one attached hydrogen (secondary N) is 1. The summed E-state index contributed by atoms with van der Waals surface area (Å²) in [5, 5.41) is 17.5. The van der Waals surface area contributed by atoms with E-state index in [1.54, 1.807) is 0 Å². The highest BCUT2D eigenvalue weighted by Gasteiger charge is 2.17. The lowest BCUT2D eigenvalue weighted by atomic mass is 10.2. The summed E-state index contributed by atoms with van der Waals surface area (Å²) in [6.45, 7) is -0.228. The van der Waals surface area contributed by atoms with Gasteiger partial charge in [-0.25, -0.2) is 22.7 Å². The zero-order valence-corrected chi connectivity index (χ0v) is 12.0. The Morgan fingerprint density at radius 3 is 2.33 bits per heavy atom. The first kappa shape index (κ1) is 17.1. The minimum atomic E-state index is -3.84. The molecule has 0 radical (unpaired) electrons. The number of ether oxygens (including phenoxy) is 1. The third-order valence-corrected chi connectivity index (χ3v) is 4.06. The second-order valence-corrected chi connectivity index (χ2v) is 5.82. The number of esters is 1. The van der Waals surface area contributed by atoms with Gasteiger partial charge < -0.3 is 14.9 Å². The lowest BCUT2D eigenvalue weighted by Crippen LogP contribution is -2.30. The van der Waals surface area contributed by atoms with Crippen LogP contribution in [-0.4, -0.2) is 50.3 Å². The number of methoxy groups -OCH3 is 1. The molecule has 1 aromatic rings. The van der Waals surface area contributed by atoms with Gasteiger partial charge >= 0.3 is 11.9 Å². The number of carboxylic acid groups (broad SMARTS) is 1. The zero-order valence-electron chi connectivity index (χ0n) is 11.1. The molecule has 1 aromatic carbocycles. The monoisotopic (exact) mass is 317 g/mol. The molecule has 0 aliphatic carbocycles. The van der Waals surface area contributed by atoms with Crippen molar-refractivity contribution in [1.29, 1.82) is 0 Å². The zero-order chi connectivity index (χ0) is 16.0. The Labute approximate surface area is 121 Å². The van der Waals surface area contributed by atoms with Crippen molar-refractivity contribution in [3.63, 3.8) is 0 Å². The van der Waals surface area contributed by atoms with E-state index in [2.05, 4.69) is 9.46 Å². The summed E-state index contributed by atoms with van der Waals surface area (Å²) < 4.78 is 30.4.